The van der Waals surface area contributed by atoms with Crippen molar-refractivity contribution in [3.63, 3.8) is 0 Å². The molecule has 0 aliphatic heterocycles. The van der Waals surface area contributed by atoms with Crippen LogP contribution >= 0.6 is 0 Å². The van der Waals surface area contributed by atoms with Crippen molar-refractivity contribution in [2.75, 3.05) is 6.54 Å². The minimum Gasteiger partial charge on any atom is -0.312 e. The Morgan fingerprint density at radius 1 is 1.25 bits per heavy atom. The molecule has 3 heteroatoms. The molecule has 20 heavy (non-hydrogen) atoms. The van der Waals surface area contributed by atoms with E-state index < -0.39 is 0 Å². The van der Waals surface area contributed by atoms with Crippen LogP contribution in [-0.4, -0.2) is 16.3 Å². The van der Waals surface area contributed by atoms with Crippen molar-refractivity contribution in [1.29, 1.82) is 0 Å². The van der Waals surface area contributed by atoms with E-state index in [4.69, 9.17) is 0 Å². The van der Waals surface area contributed by atoms with Crippen LogP contribution in [0, 0.1) is 11.8 Å². The van der Waals surface area contributed by atoms with Crippen LogP contribution in [0.1, 0.15) is 31.7 Å². The molecule has 3 rings (SSSR count). The van der Waals surface area contributed by atoms with Crippen molar-refractivity contribution in [3.05, 3.63) is 48.3 Å². The Labute approximate surface area is 121 Å². The third-order valence-electron chi connectivity index (χ3n) is 4.22. The fraction of sp³-hybridized carbons (Fsp3) is 0.471. The third-order valence-corrected chi connectivity index (χ3v) is 4.22. The van der Waals surface area contributed by atoms with Crippen LogP contribution in [-0.2, 0) is 6.54 Å². The van der Waals surface area contributed by atoms with Gasteiger partial charge in [0.15, 0.2) is 0 Å². The molecule has 1 aliphatic carbocycles. The van der Waals surface area contributed by atoms with Gasteiger partial charge in [-0.3, -0.25) is 0 Å². The van der Waals surface area contributed by atoms with E-state index in [1.165, 1.54) is 24.8 Å². The van der Waals surface area contributed by atoms with Gasteiger partial charge in [0, 0.05) is 18.3 Å². The lowest BCUT2D eigenvalue weighted by Crippen LogP contribution is -2.20. The summed E-state index contributed by atoms with van der Waals surface area (Å²) in [4.78, 5) is 0. The molecule has 0 spiro atoms. The zero-order valence-corrected chi connectivity index (χ0v) is 12.1. The summed E-state index contributed by atoms with van der Waals surface area (Å²) >= 11 is 0. The summed E-state index contributed by atoms with van der Waals surface area (Å²) in [6, 6.07) is 10.2. The normalized spacial score (nSPS) is 22.2. The number of nitrogens with one attached hydrogen (secondary N) is 1. The van der Waals surface area contributed by atoms with Gasteiger partial charge < -0.3 is 5.32 Å². The Kier molecular flexibility index (Phi) is 4.16. The standard InChI is InChI=1S/C17H23N3/c1-14-7-8-15(9-14)10-18-11-16-12-19-20(13-16)17-5-3-2-4-6-17/h2-6,12-15,18H,7-11H2,1H3. The summed E-state index contributed by atoms with van der Waals surface area (Å²) < 4.78 is 1.94. The topological polar surface area (TPSA) is 29.9 Å². The number of para-hydroxylation sites is 1. The molecule has 0 amide bonds. The molecule has 1 aliphatic rings. The molecular weight excluding hydrogens is 246 g/mol. The second-order valence-corrected chi connectivity index (χ2v) is 6.04. The van der Waals surface area contributed by atoms with E-state index in [9.17, 15) is 0 Å². The summed E-state index contributed by atoms with van der Waals surface area (Å²) in [6.45, 7) is 4.42. The Hall–Kier alpha value is -1.61. The molecule has 1 fully saturated rings. The first-order valence-electron chi connectivity index (χ1n) is 7.61. The lowest BCUT2D eigenvalue weighted by molar-refractivity contribution is 0.470. The lowest BCUT2D eigenvalue weighted by Gasteiger charge is -2.10. The van der Waals surface area contributed by atoms with E-state index in [1.54, 1.807) is 0 Å². The highest BCUT2D eigenvalue weighted by molar-refractivity contribution is 5.30. The molecule has 2 unspecified atom stereocenters. The fourth-order valence-corrected chi connectivity index (χ4v) is 3.10. The van der Waals surface area contributed by atoms with Gasteiger partial charge in [-0.1, -0.05) is 31.5 Å². The van der Waals surface area contributed by atoms with Crippen molar-refractivity contribution in [3.8, 4) is 5.69 Å². The summed E-state index contributed by atoms with van der Waals surface area (Å²) in [7, 11) is 0. The molecule has 1 saturated carbocycles. The summed E-state index contributed by atoms with van der Waals surface area (Å²) in [5, 5.41) is 8.00. The monoisotopic (exact) mass is 269 g/mol. The Bertz CT molecular complexity index is 532. The van der Waals surface area contributed by atoms with Crippen LogP contribution in [0.3, 0.4) is 0 Å². The quantitative estimate of drug-likeness (QED) is 0.901. The maximum Gasteiger partial charge on any atom is 0.0645 e. The maximum absolute atomic E-state index is 4.43. The van der Waals surface area contributed by atoms with Gasteiger partial charge in [-0.2, -0.15) is 5.10 Å². The Morgan fingerprint density at radius 2 is 2.10 bits per heavy atom. The van der Waals surface area contributed by atoms with Crippen LogP contribution in [0.5, 0.6) is 0 Å². The van der Waals surface area contributed by atoms with Crippen molar-refractivity contribution >= 4 is 0 Å². The fourth-order valence-electron chi connectivity index (χ4n) is 3.10. The summed E-state index contributed by atoms with van der Waals surface area (Å²) in [6.07, 6.45) is 8.24. The molecule has 1 N–H and O–H groups in total. The molecular formula is C17H23N3. The van der Waals surface area contributed by atoms with Gasteiger partial charge in [-0.25, -0.2) is 4.68 Å². The van der Waals surface area contributed by atoms with Crippen molar-refractivity contribution < 1.29 is 0 Å². The van der Waals surface area contributed by atoms with Crippen LogP contribution in [0.4, 0.5) is 0 Å². The van der Waals surface area contributed by atoms with Gasteiger partial charge in [0.25, 0.3) is 0 Å². The van der Waals surface area contributed by atoms with Gasteiger partial charge in [0.05, 0.1) is 11.9 Å². The van der Waals surface area contributed by atoms with E-state index >= 15 is 0 Å². The summed E-state index contributed by atoms with van der Waals surface area (Å²) in [5.74, 6) is 1.79. The molecule has 106 valence electrons. The zero-order chi connectivity index (χ0) is 13.8. The van der Waals surface area contributed by atoms with E-state index in [1.807, 2.05) is 29.1 Å². The molecule has 2 atom stereocenters. The zero-order valence-electron chi connectivity index (χ0n) is 12.1. The minimum atomic E-state index is 0.870. The van der Waals surface area contributed by atoms with E-state index in [2.05, 4.69) is 35.7 Å². The molecule has 0 saturated heterocycles. The third kappa shape index (κ3) is 3.28. The second-order valence-electron chi connectivity index (χ2n) is 6.04. The van der Waals surface area contributed by atoms with Gasteiger partial charge in [-0.05, 0) is 43.4 Å². The van der Waals surface area contributed by atoms with E-state index in [0.717, 1.165) is 30.6 Å². The average molecular weight is 269 g/mol. The molecule has 1 heterocycles. The van der Waals surface area contributed by atoms with Crippen LogP contribution in [0.2, 0.25) is 0 Å². The SMILES string of the molecule is CC1CCC(CNCc2cnn(-c3ccccc3)c2)C1. The van der Waals surface area contributed by atoms with Gasteiger partial charge in [-0.15, -0.1) is 0 Å². The first-order valence-corrected chi connectivity index (χ1v) is 7.61. The number of benzene rings is 1. The number of hydrogen-bond acceptors (Lipinski definition) is 2. The minimum absolute atomic E-state index is 0.870. The highest BCUT2D eigenvalue weighted by Gasteiger charge is 2.20. The first kappa shape index (κ1) is 13.4. The van der Waals surface area contributed by atoms with Gasteiger partial charge in [0.2, 0.25) is 0 Å². The van der Waals surface area contributed by atoms with Crippen LogP contribution in [0.15, 0.2) is 42.7 Å². The highest BCUT2D eigenvalue weighted by Crippen LogP contribution is 2.29. The molecule has 0 bridgehead atoms. The first-order chi connectivity index (χ1) is 9.81. The van der Waals surface area contributed by atoms with Crippen LogP contribution < -0.4 is 5.32 Å². The Morgan fingerprint density at radius 3 is 2.85 bits per heavy atom. The number of nitrogens with zero attached hydrogens (tertiary/aromatic N) is 2. The molecule has 0 radical (unpaired) electrons. The van der Waals surface area contributed by atoms with E-state index in [-0.39, 0.29) is 0 Å². The number of rotatable bonds is 5. The number of hydrogen-bond donors (Lipinski definition) is 1. The van der Waals surface area contributed by atoms with E-state index in [0.29, 0.717) is 0 Å². The lowest BCUT2D eigenvalue weighted by atomic mass is 10.1. The van der Waals surface area contributed by atoms with Crippen molar-refractivity contribution in [2.24, 2.45) is 11.8 Å². The van der Waals surface area contributed by atoms with Crippen LogP contribution in [0.25, 0.3) is 5.69 Å². The smallest absolute Gasteiger partial charge is 0.0645 e. The predicted octanol–water partition coefficient (Wildman–Crippen LogP) is 3.40. The summed E-state index contributed by atoms with van der Waals surface area (Å²) in [5.41, 5.74) is 2.36. The Balaban J connectivity index is 1.50. The van der Waals surface area contributed by atoms with Crippen molar-refractivity contribution in [2.45, 2.75) is 32.7 Å². The van der Waals surface area contributed by atoms with Crippen molar-refractivity contribution in [1.82, 2.24) is 15.1 Å². The highest BCUT2D eigenvalue weighted by atomic mass is 15.3. The number of aromatic nitrogens is 2. The van der Waals surface area contributed by atoms with Gasteiger partial charge >= 0.3 is 0 Å². The van der Waals surface area contributed by atoms with Gasteiger partial charge in [0.1, 0.15) is 0 Å². The largest absolute Gasteiger partial charge is 0.312 e. The molecule has 2 aromatic rings. The average Bonchev–Trinajstić information content (AvgIpc) is 3.09. The second kappa shape index (κ2) is 6.23. The molecule has 1 aromatic heterocycles. The maximum atomic E-state index is 4.43. The predicted molar refractivity (Wildman–Crippen MR) is 81.8 cm³/mol. The molecule has 3 nitrogen and oxygen atoms in total. The molecule has 1 aromatic carbocycles.